The molecule has 132 valence electrons. The molecule has 24 heavy (non-hydrogen) atoms. The van der Waals surface area contributed by atoms with Crippen molar-refractivity contribution in [3.63, 3.8) is 0 Å². The summed E-state index contributed by atoms with van der Waals surface area (Å²) in [5.74, 6) is 0.240. The van der Waals surface area contributed by atoms with Gasteiger partial charge >= 0.3 is 5.97 Å². The number of benzene rings is 1. The highest BCUT2D eigenvalue weighted by Crippen LogP contribution is 2.23. The number of hydrogen-bond donors (Lipinski definition) is 1. The summed E-state index contributed by atoms with van der Waals surface area (Å²) in [4.78, 5) is 23.9. The molecule has 1 aliphatic rings. The summed E-state index contributed by atoms with van der Waals surface area (Å²) in [6.07, 6.45) is 3.69. The highest BCUT2D eigenvalue weighted by molar-refractivity contribution is 9.10. The van der Waals surface area contributed by atoms with Gasteiger partial charge in [-0.05, 0) is 49.9 Å². The lowest BCUT2D eigenvalue weighted by Crippen LogP contribution is -2.43. The van der Waals surface area contributed by atoms with E-state index in [0.717, 1.165) is 23.7 Å². The summed E-state index contributed by atoms with van der Waals surface area (Å²) in [5, 5.41) is 2.96. The van der Waals surface area contributed by atoms with Gasteiger partial charge in [-0.15, -0.1) is 0 Å². The fourth-order valence-electron chi connectivity index (χ4n) is 2.80. The van der Waals surface area contributed by atoms with Crippen molar-refractivity contribution in [1.29, 1.82) is 0 Å². The maximum Gasteiger partial charge on any atom is 0.347 e. The molecule has 1 N–H and O–H groups in total. The molecule has 0 aromatic heterocycles. The van der Waals surface area contributed by atoms with Crippen molar-refractivity contribution in [3.8, 4) is 5.75 Å². The van der Waals surface area contributed by atoms with Gasteiger partial charge in [-0.3, -0.25) is 4.79 Å². The summed E-state index contributed by atoms with van der Waals surface area (Å²) in [7, 11) is 0. The van der Waals surface area contributed by atoms with Crippen LogP contribution in [-0.4, -0.2) is 30.6 Å². The SMILES string of the molecule is C[C@@H]1CCCC[C@H]1NC(=O)COC(=O)[C@@H](C)Oc1ccc(Br)cc1. The predicted molar refractivity (Wildman–Crippen MR) is 94.8 cm³/mol. The normalized spacial score (nSPS) is 21.6. The zero-order chi connectivity index (χ0) is 17.5. The second-order valence-electron chi connectivity index (χ2n) is 6.26. The van der Waals surface area contributed by atoms with Crippen LogP contribution >= 0.6 is 15.9 Å². The number of rotatable bonds is 6. The first-order valence-electron chi connectivity index (χ1n) is 8.34. The molecule has 0 spiro atoms. The molecule has 3 atom stereocenters. The summed E-state index contributed by atoms with van der Waals surface area (Å²) in [6.45, 7) is 3.48. The van der Waals surface area contributed by atoms with Crippen molar-refractivity contribution in [3.05, 3.63) is 28.7 Å². The van der Waals surface area contributed by atoms with Gasteiger partial charge in [-0.2, -0.15) is 0 Å². The van der Waals surface area contributed by atoms with E-state index in [-0.39, 0.29) is 18.6 Å². The largest absolute Gasteiger partial charge is 0.479 e. The quantitative estimate of drug-likeness (QED) is 0.746. The van der Waals surface area contributed by atoms with Crippen molar-refractivity contribution < 1.29 is 19.1 Å². The Morgan fingerprint density at radius 1 is 1.25 bits per heavy atom. The Morgan fingerprint density at radius 2 is 1.92 bits per heavy atom. The molecule has 1 aliphatic carbocycles. The molecule has 2 rings (SSSR count). The van der Waals surface area contributed by atoms with Gasteiger partial charge < -0.3 is 14.8 Å². The number of hydrogen-bond acceptors (Lipinski definition) is 4. The molecule has 1 amide bonds. The molecule has 1 aromatic carbocycles. The second kappa shape index (κ2) is 9.06. The Kier molecular flexibility index (Phi) is 7.09. The fourth-order valence-corrected chi connectivity index (χ4v) is 3.06. The van der Waals surface area contributed by atoms with Crippen molar-refractivity contribution in [2.24, 2.45) is 5.92 Å². The first kappa shape index (κ1) is 18.8. The summed E-state index contributed by atoms with van der Waals surface area (Å²) >= 11 is 3.33. The lowest BCUT2D eigenvalue weighted by atomic mass is 9.86. The number of nitrogens with one attached hydrogen (secondary N) is 1. The lowest BCUT2D eigenvalue weighted by molar-refractivity contribution is -0.155. The molecule has 0 aliphatic heterocycles. The topological polar surface area (TPSA) is 64.6 Å². The average Bonchev–Trinajstić information content (AvgIpc) is 2.57. The number of halogens is 1. The van der Waals surface area contributed by atoms with E-state index >= 15 is 0 Å². The Bertz CT molecular complexity index is 561. The van der Waals surface area contributed by atoms with Gasteiger partial charge in [0.25, 0.3) is 5.91 Å². The van der Waals surface area contributed by atoms with Crippen molar-refractivity contribution in [2.75, 3.05) is 6.61 Å². The van der Waals surface area contributed by atoms with E-state index in [1.54, 1.807) is 19.1 Å². The van der Waals surface area contributed by atoms with Gasteiger partial charge in [0.15, 0.2) is 12.7 Å². The smallest absolute Gasteiger partial charge is 0.347 e. The summed E-state index contributed by atoms with van der Waals surface area (Å²) < 4.78 is 11.5. The van der Waals surface area contributed by atoms with Gasteiger partial charge in [-0.1, -0.05) is 35.7 Å². The van der Waals surface area contributed by atoms with E-state index < -0.39 is 12.1 Å². The molecule has 0 unspecified atom stereocenters. The van der Waals surface area contributed by atoms with E-state index in [0.29, 0.717) is 11.7 Å². The van der Waals surface area contributed by atoms with Crippen LogP contribution in [0, 0.1) is 5.92 Å². The lowest BCUT2D eigenvalue weighted by Gasteiger charge is -2.29. The third kappa shape index (κ3) is 5.82. The second-order valence-corrected chi connectivity index (χ2v) is 7.17. The monoisotopic (exact) mass is 397 g/mol. The minimum atomic E-state index is -0.771. The fraction of sp³-hybridized carbons (Fsp3) is 0.556. The summed E-state index contributed by atoms with van der Waals surface area (Å²) in [6, 6.07) is 7.34. The zero-order valence-electron chi connectivity index (χ0n) is 14.1. The van der Waals surface area contributed by atoms with Gasteiger partial charge in [0.05, 0.1) is 0 Å². The van der Waals surface area contributed by atoms with Gasteiger partial charge in [0.1, 0.15) is 5.75 Å². The molecule has 0 saturated heterocycles. The van der Waals surface area contributed by atoms with Crippen molar-refractivity contribution in [1.82, 2.24) is 5.32 Å². The maximum atomic E-state index is 11.9. The van der Waals surface area contributed by atoms with Gasteiger partial charge in [0.2, 0.25) is 0 Å². The van der Waals surface area contributed by atoms with Crippen LogP contribution in [-0.2, 0) is 14.3 Å². The van der Waals surface area contributed by atoms with Gasteiger partial charge in [-0.25, -0.2) is 4.79 Å². The molecule has 1 saturated carbocycles. The standard InChI is InChI=1S/C18H24BrNO4/c1-12-5-3-4-6-16(12)20-17(21)11-23-18(22)13(2)24-15-9-7-14(19)8-10-15/h7-10,12-13,16H,3-6,11H2,1-2H3,(H,20,21)/t12-,13-,16-/m1/s1. The highest BCUT2D eigenvalue weighted by atomic mass is 79.9. The van der Waals surface area contributed by atoms with E-state index in [1.807, 2.05) is 12.1 Å². The van der Waals surface area contributed by atoms with E-state index in [4.69, 9.17) is 9.47 Å². The number of carbonyl (C=O) groups excluding carboxylic acids is 2. The zero-order valence-corrected chi connectivity index (χ0v) is 15.7. The number of ether oxygens (including phenoxy) is 2. The number of carbonyl (C=O) groups is 2. The molecular formula is C18H24BrNO4. The Balaban J connectivity index is 1.73. The molecule has 1 fully saturated rings. The van der Waals surface area contributed by atoms with Crippen LogP contribution in [0.2, 0.25) is 0 Å². The minimum absolute atomic E-state index is 0.182. The van der Waals surface area contributed by atoms with E-state index in [1.165, 1.54) is 6.42 Å². The third-order valence-electron chi connectivity index (χ3n) is 4.26. The molecule has 6 heteroatoms. The van der Waals surface area contributed by atoms with Crippen LogP contribution in [0.25, 0.3) is 0 Å². The molecule has 5 nitrogen and oxygen atoms in total. The highest BCUT2D eigenvalue weighted by Gasteiger charge is 2.24. The maximum absolute atomic E-state index is 11.9. The predicted octanol–water partition coefficient (Wildman–Crippen LogP) is 3.45. The van der Waals surface area contributed by atoms with E-state index in [9.17, 15) is 9.59 Å². The number of amides is 1. The molecule has 0 radical (unpaired) electrons. The number of esters is 1. The van der Waals surface area contributed by atoms with Crippen LogP contribution in [0.5, 0.6) is 5.75 Å². The van der Waals surface area contributed by atoms with Gasteiger partial charge in [0, 0.05) is 10.5 Å². The first-order valence-corrected chi connectivity index (χ1v) is 9.13. The van der Waals surface area contributed by atoms with Crippen LogP contribution in [0.15, 0.2) is 28.7 Å². The van der Waals surface area contributed by atoms with E-state index in [2.05, 4.69) is 28.2 Å². The van der Waals surface area contributed by atoms with Crippen LogP contribution in [0.4, 0.5) is 0 Å². The molecule has 1 aromatic rings. The minimum Gasteiger partial charge on any atom is -0.479 e. The van der Waals surface area contributed by atoms with Crippen molar-refractivity contribution >= 4 is 27.8 Å². The van der Waals surface area contributed by atoms with Crippen LogP contribution in [0.3, 0.4) is 0 Å². The van der Waals surface area contributed by atoms with Crippen molar-refractivity contribution in [2.45, 2.75) is 51.7 Å². The third-order valence-corrected chi connectivity index (χ3v) is 4.79. The van der Waals surface area contributed by atoms with Crippen LogP contribution in [0.1, 0.15) is 39.5 Å². The Morgan fingerprint density at radius 3 is 2.58 bits per heavy atom. The summed E-state index contributed by atoms with van der Waals surface area (Å²) in [5.41, 5.74) is 0. The average molecular weight is 398 g/mol. The Hall–Kier alpha value is -1.56. The molecule has 0 heterocycles. The first-order chi connectivity index (χ1) is 11.5. The Labute approximate surface area is 151 Å². The molecular weight excluding hydrogens is 374 g/mol. The van der Waals surface area contributed by atoms with Crippen LogP contribution < -0.4 is 10.1 Å². The molecule has 0 bridgehead atoms.